The van der Waals surface area contributed by atoms with Gasteiger partial charge in [0.2, 0.25) is 5.88 Å². The fraction of sp³-hybridized carbons (Fsp3) is 0.167. The normalized spacial score (nSPS) is 10.4. The predicted molar refractivity (Wildman–Crippen MR) is 70.3 cm³/mol. The quantitative estimate of drug-likeness (QED) is 0.865. The van der Waals surface area contributed by atoms with Crippen molar-refractivity contribution < 1.29 is 9.13 Å². The first kappa shape index (κ1) is 12.5. The highest BCUT2D eigenvalue weighted by Crippen LogP contribution is 2.25. The second-order valence-electron chi connectivity index (χ2n) is 3.86. The molecule has 4 nitrogen and oxygen atoms in total. The zero-order valence-electron chi connectivity index (χ0n) is 9.98. The monoisotopic (exact) mass is 265 g/mol. The van der Waals surface area contributed by atoms with Crippen molar-refractivity contribution in [2.75, 3.05) is 0 Å². The molecule has 0 bridgehead atoms. The molecule has 0 aliphatic rings. The van der Waals surface area contributed by atoms with E-state index in [0.29, 0.717) is 11.4 Å². The van der Waals surface area contributed by atoms with Gasteiger partial charge < -0.3 is 10.5 Å². The molecule has 0 amide bonds. The number of halogens is 1. The highest BCUT2D eigenvalue weighted by Gasteiger charge is 2.10. The Morgan fingerprint density at radius 2 is 2.17 bits per heavy atom. The molecule has 1 aromatic carbocycles. The summed E-state index contributed by atoms with van der Waals surface area (Å²) in [5.74, 6) is 0.0617. The molecule has 0 aliphatic heterocycles. The molecule has 18 heavy (non-hydrogen) atoms. The van der Waals surface area contributed by atoms with Gasteiger partial charge in [-0.3, -0.25) is 0 Å². The molecule has 0 unspecified atom stereocenters. The molecular formula is C12H12FN3OS. The molecule has 1 heterocycles. The van der Waals surface area contributed by atoms with Crippen LogP contribution in [0.3, 0.4) is 0 Å². The van der Waals surface area contributed by atoms with Crippen molar-refractivity contribution in [2.45, 2.75) is 6.92 Å². The lowest BCUT2D eigenvalue weighted by atomic mass is 10.2. The third kappa shape index (κ3) is 2.48. The molecule has 6 heteroatoms. The first-order valence-corrected chi connectivity index (χ1v) is 5.66. The van der Waals surface area contributed by atoms with Crippen molar-refractivity contribution in [1.82, 2.24) is 9.78 Å². The first-order chi connectivity index (χ1) is 8.47. The van der Waals surface area contributed by atoms with Crippen molar-refractivity contribution in [3.05, 3.63) is 41.3 Å². The third-order valence-corrected chi connectivity index (χ3v) is 2.63. The van der Waals surface area contributed by atoms with Crippen molar-refractivity contribution >= 4 is 17.2 Å². The van der Waals surface area contributed by atoms with Crippen LogP contribution in [0, 0.1) is 12.7 Å². The number of benzene rings is 1. The number of hydrogen-bond donors (Lipinski definition) is 1. The molecule has 1 aromatic heterocycles. The molecule has 0 atom stereocenters. The maximum atomic E-state index is 13.8. The summed E-state index contributed by atoms with van der Waals surface area (Å²) < 4.78 is 20.7. The van der Waals surface area contributed by atoms with Crippen LogP contribution in [0.2, 0.25) is 0 Å². The van der Waals surface area contributed by atoms with Crippen LogP contribution in [-0.4, -0.2) is 14.8 Å². The Bertz CT molecular complexity index is 609. The molecule has 0 spiro atoms. The lowest BCUT2D eigenvalue weighted by Gasteiger charge is -2.07. The maximum Gasteiger partial charge on any atom is 0.217 e. The summed E-state index contributed by atoms with van der Waals surface area (Å²) >= 11 is 4.77. The van der Waals surface area contributed by atoms with E-state index in [9.17, 15) is 4.39 Å². The fourth-order valence-electron chi connectivity index (χ4n) is 1.53. The van der Waals surface area contributed by atoms with Crippen LogP contribution in [0.15, 0.2) is 24.3 Å². The Kier molecular flexibility index (Phi) is 3.29. The zero-order chi connectivity index (χ0) is 13.3. The predicted octanol–water partition coefficient (Wildman–Crippen LogP) is 2.29. The van der Waals surface area contributed by atoms with Gasteiger partial charge >= 0.3 is 0 Å². The first-order valence-electron chi connectivity index (χ1n) is 5.25. The highest BCUT2D eigenvalue weighted by molar-refractivity contribution is 7.80. The molecule has 0 fully saturated rings. The molecule has 0 saturated carbocycles. The molecule has 94 valence electrons. The number of aryl methyl sites for hydroxylation is 2. The van der Waals surface area contributed by atoms with Crippen molar-refractivity contribution in [2.24, 2.45) is 12.8 Å². The number of thiocarbonyl (C=S) groups is 1. The summed E-state index contributed by atoms with van der Waals surface area (Å²) in [5, 5.41) is 4.11. The van der Waals surface area contributed by atoms with Gasteiger partial charge in [0.25, 0.3) is 0 Å². The minimum atomic E-state index is -0.515. The highest BCUT2D eigenvalue weighted by atomic mass is 32.1. The summed E-state index contributed by atoms with van der Waals surface area (Å²) in [4.78, 5) is 0.150. The zero-order valence-corrected chi connectivity index (χ0v) is 10.8. The van der Waals surface area contributed by atoms with Gasteiger partial charge in [-0.15, -0.1) is 0 Å². The van der Waals surface area contributed by atoms with Crippen LogP contribution in [0.1, 0.15) is 11.3 Å². The van der Waals surface area contributed by atoms with E-state index in [0.717, 1.165) is 5.69 Å². The summed E-state index contributed by atoms with van der Waals surface area (Å²) in [6.07, 6.45) is 0. The summed E-state index contributed by atoms with van der Waals surface area (Å²) in [5.41, 5.74) is 6.69. The van der Waals surface area contributed by atoms with E-state index in [-0.39, 0.29) is 10.7 Å². The fourth-order valence-corrected chi connectivity index (χ4v) is 1.66. The molecule has 0 aliphatic carbocycles. The van der Waals surface area contributed by atoms with Crippen LogP contribution < -0.4 is 10.5 Å². The minimum Gasteiger partial charge on any atom is -0.436 e. The Morgan fingerprint density at radius 1 is 1.44 bits per heavy atom. The lowest BCUT2D eigenvalue weighted by molar-refractivity contribution is 0.403. The van der Waals surface area contributed by atoms with Gasteiger partial charge in [0.1, 0.15) is 4.99 Å². The average Bonchev–Trinajstić information content (AvgIpc) is 2.60. The SMILES string of the molecule is Cc1cc(Oc2ccc(C(N)=S)cc2F)n(C)n1. The van der Waals surface area contributed by atoms with E-state index in [1.165, 1.54) is 16.8 Å². The minimum absolute atomic E-state index is 0.109. The van der Waals surface area contributed by atoms with E-state index in [2.05, 4.69) is 5.10 Å². The molecule has 2 aromatic rings. The Labute approximate surface area is 109 Å². The lowest BCUT2D eigenvalue weighted by Crippen LogP contribution is -2.09. The number of nitrogens with zero attached hydrogens (tertiary/aromatic N) is 2. The number of ether oxygens (including phenoxy) is 1. The number of hydrogen-bond acceptors (Lipinski definition) is 3. The molecule has 0 radical (unpaired) electrons. The number of aromatic nitrogens is 2. The second-order valence-corrected chi connectivity index (χ2v) is 4.30. The molecular weight excluding hydrogens is 253 g/mol. The van der Waals surface area contributed by atoms with Gasteiger partial charge in [0, 0.05) is 18.7 Å². The largest absolute Gasteiger partial charge is 0.436 e. The average molecular weight is 265 g/mol. The topological polar surface area (TPSA) is 53.1 Å². The van der Waals surface area contributed by atoms with Gasteiger partial charge in [0.15, 0.2) is 11.6 Å². The van der Waals surface area contributed by atoms with E-state index < -0.39 is 5.82 Å². The molecule has 0 saturated heterocycles. The number of rotatable bonds is 3. The maximum absolute atomic E-state index is 13.8. The van der Waals surface area contributed by atoms with Crippen LogP contribution in [-0.2, 0) is 7.05 Å². The smallest absolute Gasteiger partial charge is 0.217 e. The standard InChI is InChI=1S/C12H12FN3OS/c1-7-5-11(16(2)15-7)17-10-4-3-8(12(14)18)6-9(10)13/h3-6H,1-2H3,(H2,14,18). The van der Waals surface area contributed by atoms with Crippen LogP contribution in [0.5, 0.6) is 11.6 Å². The van der Waals surface area contributed by atoms with Gasteiger partial charge in [-0.25, -0.2) is 9.07 Å². The van der Waals surface area contributed by atoms with Gasteiger partial charge in [-0.2, -0.15) is 5.10 Å². The van der Waals surface area contributed by atoms with Gasteiger partial charge in [-0.1, -0.05) is 12.2 Å². The van der Waals surface area contributed by atoms with Crippen LogP contribution in [0.4, 0.5) is 4.39 Å². The molecule has 2 N–H and O–H groups in total. The third-order valence-electron chi connectivity index (χ3n) is 2.39. The van der Waals surface area contributed by atoms with E-state index in [1.54, 1.807) is 19.2 Å². The van der Waals surface area contributed by atoms with E-state index in [4.69, 9.17) is 22.7 Å². The van der Waals surface area contributed by atoms with Crippen LogP contribution in [0.25, 0.3) is 0 Å². The van der Waals surface area contributed by atoms with Crippen molar-refractivity contribution in [3.8, 4) is 11.6 Å². The van der Waals surface area contributed by atoms with Crippen LogP contribution >= 0.6 is 12.2 Å². The van der Waals surface area contributed by atoms with E-state index in [1.807, 2.05) is 6.92 Å². The second kappa shape index (κ2) is 4.73. The van der Waals surface area contributed by atoms with Crippen molar-refractivity contribution in [3.63, 3.8) is 0 Å². The Balaban J connectivity index is 2.30. The van der Waals surface area contributed by atoms with Gasteiger partial charge in [-0.05, 0) is 25.1 Å². The summed E-state index contributed by atoms with van der Waals surface area (Å²) in [7, 11) is 1.73. The molecule has 2 rings (SSSR count). The summed E-state index contributed by atoms with van der Waals surface area (Å²) in [6, 6.07) is 6.08. The van der Waals surface area contributed by atoms with E-state index >= 15 is 0 Å². The van der Waals surface area contributed by atoms with Gasteiger partial charge in [0.05, 0.1) is 5.69 Å². The Morgan fingerprint density at radius 3 is 2.67 bits per heavy atom. The van der Waals surface area contributed by atoms with Crippen molar-refractivity contribution in [1.29, 1.82) is 0 Å². The number of nitrogens with two attached hydrogens (primary N) is 1. The summed E-state index contributed by atoms with van der Waals surface area (Å²) in [6.45, 7) is 1.83. The Hall–Kier alpha value is -1.95.